The SMILES string of the molecule is Nc1ncccc1-c1nc2ccc(-n3ccc(N4CCOCC4)n3)nc2n1-c1ccc2c(c1)CC[C@@H]2NC1CCN(C(=O)C2CC2)CC1. The molecule has 0 bridgehead atoms. The van der Waals surface area contributed by atoms with Gasteiger partial charge in [-0.2, -0.15) is 0 Å². The van der Waals surface area contributed by atoms with E-state index in [1.54, 1.807) is 6.20 Å². The number of pyridine rings is 2. The zero-order valence-corrected chi connectivity index (χ0v) is 27.0. The first-order valence-corrected chi connectivity index (χ1v) is 17.3. The van der Waals surface area contributed by atoms with Gasteiger partial charge in [0.25, 0.3) is 0 Å². The van der Waals surface area contributed by atoms with Gasteiger partial charge in [-0.15, -0.1) is 5.10 Å². The molecule has 2 aliphatic heterocycles. The Morgan fingerprint density at radius 1 is 0.917 bits per heavy atom. The normalized spacial score (nSPS) is 20.0. The summed E-state index contributed by atoms with van der Waals surface area (Å²) in [6.07, 6.45) is 9.87. The lowest BCUT2D eigenvalue weighted by molar-refractivity contribution is -0.133. The molecule has 3 N–H and O–H groups in total. The molecule has 3 fully saturated rings. The van der Waals surface area contributed by atoms with Crippen molar-refractivity contribution >= 4 is 28.7 Å². The van der Waals surface area contributed by atoms with Gasteiger partial charge in [0.2, 0.25) is 5.91 Å². The largest absolute Gasteiger partial charge is 0.383 e. The number of hydrogen-bond donors (Lipinski definition) is 2. The van der Waals surface area contributed by atoms with Gasteiger partial charge in [-0.05, 0) is 86.1 Å². The highest BCUT2D eigenvalue weighted by Gasteiger charge is 2.35. The summed E-state index contributed by atoms with van der Waals surface area (Å²) < 4.78 is 9.45. The number of nitrogens with two attached hydrogens (primary N) is 1. The first-order valence-electron chi connectivity index (χ1n) is 17.3. The molecule has 12 heteroatoms. The molecule has 5 aromatic rings. The highest BCUT2D eigenvalue weighted by atomic mass is 16.5. The number of benzene rings is 1. The molecule has 48 heavy (non-hydrogen) atoms. The molecule has 2 aliphatic carbocycles. The smallest absolute Gasteiger partial charge is 0.225 e. The molecule has 1 aromatic carbocycles. The second kappa shape index (κ2) is 12.0. The zero-order chi connectivity index (χ0) is 32.2. The van der Waals surface area contributed by atoms with Crippen molar-refractivity contribution in [2.24, 2.45) is 5.92 Å². The van der Waals surface area contributed by atoms with Gasteiger partial charge in [0.1, 0.15) is 11.3 Å². The fourth-order valence-corrected chi connectivity index (χ4v) is 7.57. The number of nitrogens with one attached hydrogen (secondary N) is 1. The summed E-state index contributed by atoms with van der Waals surface area (Å²) in [7, 11) is 0. The monoisotopic (exact) mass is 644 g/mol. The highest BCUT2D eigenvalue weighted by Crippen LogP contribution is 2.37. The number of hydrogen-bond acceptors (Lipinski definition) is 9. The van der Waals surface area contributed by atoms with Crippen LogP contribution >= 0.6 is 0 Å². The van der Waals surface area contributed by atoms with Gasteiger partial charge < -0.3 is 25.6 Å². The average Bonchev–Trinajstić information content (AvgIpc) is 3.54. The number of fused-ring (bicyclic) bond motifs is 2. The second-order valence-electron chi connectivity index (χ2n) is 13.5. The number of ether oxygens (including phenoxy) is 1. The molecule has 0 unspecified atom stereocenters. The van der Waals surface area contributed by atoms with Crippen molar-refractivity contribution in [2.45, 2.75) is 50.6 Å². The molecular formula is C36H40N10O2. The van der Waals surface area contributed by atoms with E-state index in [0.717, 1.165) is 92.9 Å². The maximum Gasteiger partial charge on any atom is 0.225 e. The van der Waals surface area contributed by atoms with E-state index in [0.29, 0.717) is 54.6 Å². The lowest BCUT2D eigenvalue weighted by Gasteiger charge is -2.34. The number of carbonyl (C=O) groups is 1. The standard InChI is InChI=1S/C36H40N10O2/c37-33-28(2-1-14-38-33)34-40-30-9-10-31(45-17-13-32(42-45)43-18-20-48-21-19-43)41-35(30)46(34)26-6-7-27-24(22-26)5-8-29(27)39-25-11-15-44(16-12-25)36(47)23-3-4-23/h1-2,6-7,9-10,13-14,17,22-23,25,29,39H,3-5,8,11-12,15-16,18-21H2,(H2,37,38)/t29-/m0/s1. The van der Waals surface area contributed by atoms with Crippen molar-refractivity contribution in [1.29, 1.82) is 0 Å². The Morgan fingerprint density at radius 2 is 1.77 bits per heavy atom. The van der Waals surface area contributed by atoms with Crippen LogP contribution in [0.2, 0.25) is 0 Å². The number of aryl methyl sites for hydroxylation is 1. The van der Waals surface area contributed by atoms with E-state index in [9.17, 15) is 4.79 Å². The van der Waals surface area contributed by atoms with E-state index in [1.807, 2.05) is 41.2 Å². The van der Waals surface area contributed by atoms with Crippen LogP contribution in [-0.2, 0) is 16.0 Å². The number of likely N-dealkylation sites (tertiary alicyclic amines) is 1. The van der Waals surface area contributed by atoms with Crippen molar-refractivity contribution in [3.63, 3.8) is 0 Å². The van der Waals surface area contributed by atoms with Gasteiger partial charge in [0.05, 0.1) is 18.8 Å². The van der Waals surface area contributed by atoms with Gasteiger partial charge >= 0.3 is 0 Å². The third-order valence-corrected chi connectivity index (χ3v) is 10.3. The van der Waals surface area contributed by atoms with Crippen LogP contribution in [0.3, 0.4) is 0 Å². The third kappa shape index (κ3) is 5.38. The maximum atomic E-state index is 12.5. The van der Waals surface area contributed by atoms with Crippen LogP contribution in [0.25, 0.3) is 34.1 Å². The summed E-state index contributed by atoms with van der Waals surface area (Å²) in [6, 6.07) is 17.3. The topological polar surface area (TPSA) is 132 Å². The summed E-state index contributed by atoms with van der Waals surface area (Å²) in [6.45, 7) is 4.78. The van der Waals surface area contributed by atoms with Gasteiger partial charge in [-0.1, -0.05) is 6.07 Å². The number of carbonyl (C=O) groups excluding carboxylic acids is 1. The summed E-state index contributed by atoms with van der Waals surface area (Å²) in [5.74, 6) is 3.42. The van der Waals surface area contributed by atoms with Crippen LogP contribution in [0.5, 0.6) is 0 Å². The Balaban J connectivity index is 1.03. The van der Waals surface area contributed by atoms with Crippen molar-refractivity contribution in [1.82, 2.24) is 39.5 Å². The Morgan fingerprint density at radius 3 is 2.58 bits per heavy atom. The van der Waals surface area contributed by atoms with Gasteiger partial charge in [-0.25, -0.2) is 19.6 Å². The molecule has 246 valence electrons. The van der Waals surface area contributed by atoms with Gasteiger partial charge in [-0.3, -0.25) is 9.36 Å². The number of morpholine rings is 1. The van der Waals surface area contributed by atoms with Crippen LogP contribution in [0.4, 0.5) is 11.6 Å². The van der Waals surface area contributed by atoms with Crippen LogP contribution < -0.4 is 16.0 Å². The highest BCUT2D eigenvalue weighted by molar-refractivity contribution is 5.83. The first kappa shape index (κ1) is 29.3. The minimum absolute atomic E-state index is 0.300. The summed E-state index contributed by atoms with van der Waals surface area (Å²) in [5.41, 5.74) is 12.3. The molecule has 1 atom stereocenters. The maximum absolute atomic E-state index is 12.5. The molecular weight excluding hydrogens is 604 g/mol. The first-order chi connectivity index (χ1) is 23.6. The second-order valence-corrected chi connectivity index (χ2v) is 13.5. The Kier molecular flexibility index (Phi) is 7.34. The fourth-order valence-electron chi connectivity index (χ4n) is 7.57. The Hall–Kier alpha value is -4.81. The number of amides is 1. The minimum atomic E-state index is 0.300. The molecule has 4 aromatic heterocycles. The number of nitrogen functional groups attached to an aromatic ring is 1. The number of nitrogens with zero attached hydrogens (tertiary/aromatic N) is 8. The van der Waals surface area contributed by atoms with Crippen molar-refractivity contribution in [3.05, 3.63) is 72.1 Å². The molecule has 4 aliphatic rings. The lowest BCUT2D eigenvalue weighted by atomic mass is 10.0. The molecule has 6 heterocycles. The van der Waals surface area contributed by atoms with Crippen molar-refractivity contribution in [3.8, 4) is 22.9 Å². The predicted molar refractivity (Wildman–Crippen MR) is 183 cm³/mol. The minimum Gasteiger partial charge on any atom is -0.383 e. The number of imidazole rings is 1. The van der Waals surface area contributed by atoms with E-state index >= 15 is 0 Å². The number of anilines is 2. The van der Waals surface area contributed by atoms with Gasteiger partial charge in [0, 0.05) is 68.3 Å². The summed E-state index contributed by atoms with van der Waals surface area (Å²) >= 11 is 0. The lowest BCUT2D eigenvalue weighted by Crippen LogP contribution is -2.46. The van der Waals surface area contributed by atoms with Crippen molar-refractivity contribution in [2.75, 3.05) is 50.0 Å². The molecule has 2 saturated heterocycles. The molecule has 0 radical (unpaired) electrons. The van der Waals surface area contributed by atoms with E-state index < -0.39 is 0 Å². The Labute approximate surface area is 278 Å². The third-order valence-electron chi connectivity index (χ3n) is 10.3. The van der Waals surface area contributed by atoms with Crippen LogP contribution in [0.15, 0.2) is 60.9 Å². The van der Waals surface area contributed by atoms with Crippen LogP contribution in [-0.4, -0.2) is 85.5 Å². The number of rotatable bonds is 7. The number of aromatic nitrogens is 6. The molecule has 9 rings (SSSR count). The summed E-state index contributed by atoms with van der Waals surface area (Å²) in [4.78, 5) is 31.4. The van der Waals surface area contributed by atoms with E-state index in [2.05, 4.69) is 42.9 Å². The average molecular weight is 645 g/mol. The van der Waals surface area contributed by atoms with Crippen LogP contribution in [0.1, 0.15) is 49.3 Å². The van der Waals surface area contributed by atoms with Crippen molar-refractivity contribution < 1.29 is 9.53 Å². The summed E-state index contributed by atoms with van der Waals surface area (Å²) in [5, 5.41) is 8.80. The molecule has 1 saturated carbocycles. The Bertz CT molecular complexity index is 1980. The number of piperidine rings is 1. The predicted octanol–water partition coefficient (Wildman–Crippen LogP) is 4.06. The molecule has 0 spiro atoms. The zero-order valence-electron chi connectivity index (χ0n) is 27.0. The van der Waals surface area contributed by atoms with E-state index in [4.69, 9.17) is 25.5 Å². The fraction of sp³-hybridized carbons (Fsp3) is 0.417. The molecule has 1 amide bonds. The molecule has 12 nitrogen and oxygen atoms in total. The van der Waals surface area contributed by atoms with E-state index in [-0.39, 0.29) is 0 Å². The quantitative estimate of drug-likeness (QED) is 0.269. The van der Waals surface area contributed by atoms with Crippen LogP contribution in [0, 0.1) is 5.92 Å². The van der Waals surface area contributed by atoms with E-state index in [1.165, 1.54) is 11.1 Å². The van der Waals surface area contributed by atoms with Gasteiger partial charge in [0.15, 0.2) is 23.1 Å².